The Balaban J connectivity index is 1.35. The van der Waals surface area contributed by atoms with Gasteiger partial charge in [-0.1, -0.05) is 56.3 Å². The average Bonchev–Trinajstić information content (AvgIpc) is 2.77. The molecule has 0 saturated carbocycles. The summed E-state index contributed by atoms with van der Waals surface area (Å²) >= 11 is 0. The Bertz CT molecular complexity index is 900. The van der Waals surface area contributed by atoms with Crippen LogP contribution in [0.2, 0.25) is 0 Å². The van der Waals surface area contributed by atoms with E-state index in [4.69, 9.17) is 14.2 Å². The van der Waals surface area contributed by atoms with Crippen molar-refractivity contribution in [2.75, 3.05) is 6.61 Å². The molecule has 0 amide bonds. The van der Waals surface area contributed by atoms with E-state index in [2.05, 4.69) is 26.0 Å². The third-order valence-electron chi connectivity index (χ3n) is 4.64. The van der Waals surface area contributed by atoms with Gasteiger partial charge in [0, 0.05) is 6.42 Å². The highest BCUT2D eigenvalue weighted by atomic mass is 16.5. The fraction of sp³-hybridized carbons (Fsp3) is 0.269. The quantitative estimate of drug-likeness (QED) is 0.231. The molecule has 4 heteroatoms. The van der Waals surface area contributed by atoms with Crippen molar-refractivity contribution in [3.05, 3.63) is 90.0 Å². The van der Waals surface area contributed by atoms with Crippen molar-refractivity contribution in [3.8, 4) is 17.2 Å². The molecular formula is C26H28O4. The Labute approximate surface area is 178 Å². The van der Waals surface area contributed by atoms with Crippen LogP contribution in [0.15, 0.2) is 78.9 Å². The van der Waals surface area contributed by atoms with Crippen molar-refractivity contribution in [1.29, 1.82) is 0 Å². The highest BCUT2D eigenvalue weighted by Crippen LogP contribution is 2.20. The molecule has 0 spiro atoms. The van der Waals surface area contributed by atoms with Crippen LogP contribution in [0, 0.1) is 0 Å². The van der Waals surface area contributed by atoms with Gasteiger partial charge in [-0.15, -0.1) is 0 Å². The lowest BCUT2D eigenvalue weighted by Crippen LogP contribution is -2.10. The molecule has 0 heterocycles. The van der Waals surface area contributed by atoms with Gasteiger partial charge in [0.2, 0.25) is 0 Å². The fourth-order valence-corrected chi connectivity index (χ4v) is 2.88. The van der Waals surface area contributed by atoms with Gasteiger partial charge in [-0.25, -0.2) is 0 Å². The topological polar surface area (TPSA) is 44.8 Å². The van der Waals surface area contributed by atoms with Crippen molar-refractivity contribution in [2.45, 2.75) is 39.2 Å². The zero-order chi connectivity index (χ0) is 21.2. The molecule has 0 fully saturated rings. The largest absolute Gasteiger partial charge is 0.494 e. The minimum Gasteiger partial charge on any atom is -0.494 e. The van der Waals surface area contributed by atoms with Crippen LogP contribution in [0.5, 0.6) is 17.2 Å². The lowest BCUT2D eigenvalue weighted by Gasteiger charge is -2.09. The van der Waals surface area contributed by atoms with Crippen LogP contribution >= 0.6 is 0 Å². The molecule has 0 aliphatic carbocycles. The normalized spacial score (nSPS) is 10.6. The van der Waals surface area contributed by atoms with Gasteiger partial charge in [0.05, 0.1) is 6.61 Å². The van der Waals surface area contributed by atoms with Gasteiger partial charge < -0.3 is 14.2 Å². The molecule has 0 aromatic heterocycles. The van der Waals surface area contributed by atoms with E-state index in [0.29, 0.717) is 37.7 Å². The van der Waals surface area contributed by atoms with Crippen LogP contribution in [0.1, 0.15) is 43.7 Å². The zero-order valence-electron chi connectivity index (χ0n) is 17.5. The molecule has 0 saturated heterocycles. The van der Waals surface area contributed by atoms with E-state index in [1.807, 2.05) is 42.5 Å². The summed E-state index contributed by atoms with van der Waals surface area (Å²) in [4.78, 5) is 12.0. The summed E-state index contributed by atoms with van der Waals surface area (Å²) in [7, 11) is 0. The van der Waals surface area contributed by atoms with Crippen molar-refractivity contribution < 1.29 is 19.0 Å². The number of benzene rings is 3. The predicted molar refractivity (Wildman–Crippen MR) is 118 cm³/mol. The van der Waals surface area contributed by atoms with Gasteiger partial charge in [-0.2, -0.15) is 0 Å². The first-order valence-electron chi connectivity index (χ1n) is 10.3. The maximum Gasteiger partial charge on any atom is 0.311 e. The van der Waals surface area contributed by atoms with E-state index in [0.717, 1.165) is 17.1 Å². The van der Waals surface area contributed by atoms with Gasteiger partial charge in [-0.3, -0.25) is 4.79 Å². The summed E-state index contributed by atoms with van der Waals surface area (Å²) in [6, 6.07) is 25.1. The molecular weight excluding hydrogens is 376 g/mol. The van der Waals surface area contributed by atoms with Crippen LogP contribution in [-0.4, -0.2) is 12.6 Å². The maximum absolute atomic E-state index is 12.0. The number of carbonyl (C=O) groups is 1. The molecule has 156 valence electrons. The molecule has 0 bridgehead atoms. The van der Waals surface area contributed by atoms with Crippen LogP contribution in [0.3, 0.4) is 0 Å². The number of hydrogen-bond donors (Lipinski definition) is 0. The molecule has 0 N–H and O–H groups in total. The van der Waals surface area contributed by atoms with E-state index in [-0.39, 0.29) is 5.97 Å². The lowest BCUT2D eigenvalue weighted by molar-refractivity contribution is -0.134. The molecule has 0 atom stereocenters. The number of ether oxygens (including phenoxy) is 3. The third kappa shape index (κ3) is 6.96. The maximum atomic E-state index is 12.0. The number of esters is 1. The lowest BCUT2D eigenvalue weighted by atomic mass is 10.0. The second-order valence-corrected chi connectivity index (χ2v) is 7.40. The number of rotatable bonds is 10. The summed E-state index contributed by atoms with van der Waals surface area (Å²) in [6.45, 7) is 5.29. The van der Waals surface area contributed by atoms with Gasteiger partial charge >= 0.3 is 5.97 Å². The van der Waals surface area contributed by atoms with Crippen LogP contribution in [0.4, 0.5) is 0 Å². The Kier molecular flexibility index (Phi) is 7.90. The van der Waals surface area contributed by atoms with E-state index in [1.165, 1.54) is 5.56 Å². The van der Waals surface area contributed by atoms with Gasteiger partial charge in [0.15, 0.2) is 0 Å². The monoisotopic (exact) mass is 404 g/mol. The molecule has 3 aromatic carbocycles. The molecule has 0 radical (unpaired) electrons. The Morgan fingerprint density at radius 1 is 0.767 bits per heavy atom. The van der Waals surface area contributed by atoms with Crippen molar-refractivity contribution >= 4 is 5.97 Å². The fourth-order valence-electron chi connectivity index (χ4n) is 2.88. The summed E-state index contributed by atoms with van der Waals surface area (Å²) in [5.74, 6) is 2.29. The smallest absolute Gasteiger partial charge is 0.311 e. The summed E-state index contributed by atoms with van der Waals surface area (Å²) < 4.78 is 16.8. The minimum atomic E-state index is -0.272. The van der Waals surface area contributed by atoms with Gasteiger partial charge in [-0.05, 0) is 59.9 Å². The van der Waals surface area contributed by atoms with Crippen molar-refractivity contribution in [2.24, 2.45) is 0 Å². The predicted octanol–water partition coefficient (Wildman–Crippen LogP) is 6.15. The zero-order valence-corrected chi connectivity index (χ0v) is 17.5. The van der Waals surface area contributed by atoms with Gasteiger partial charge in [0.1, 0.15) is 23.9 Å². The number of carbonyl (C=O) groups excluding carboxylic acids is 1. The standard InChI is InChI=1S/C26H28O4/c1-20(2)22-10-12-23(13-11-22)28-18-6-9-26(27)30-25-16-14-24(15-17-25)29-19-21-7-4-3-5-8-21/h3-5,7-8,10-17,20H,6,9,18-19H2,1-2H3. The Morgan fingerprint density at radius 3 is 2.03 bits per heavy atom. The van der Waals surface area contributed by atoms with Crippen LogP contribution in [-0.2, 0) is 11.4 Å². The molecule has 30 heavy (non-hydrogen) atoms. The van der Waals surface area contributed by atoms with E-state index >= 15 is 0 Å². The summed E-state index contributed by atoms with van der Waals surface area (Å²) in [5, 5.41) is 0. The second kappa shape index (κ2) is 11.1. The highest BCUT2D eigenvalue weighted by Gasteiger charge is 2.06. The Hall–Kier alpha value is -3.27. The minimum absolute atomic E-state index is 0.272. The summed E-state index contributed by atoms with van der Waals surface area (Å²) in [6.07, 6.45) is 0.902. The van der Waals surface area contributed by atoms with E-state index in [1.54, 1.807) is 24.3 Å². The van der Waals surface area contributed by atoms with Crippen LogP contribution < -0.4 is 14.2 Å². The molecule has 0 unspecified atom stereocenters. The molecule has 0 aliphatic rings. The molecule has 0 aliphatic heterocycles. The molecule has 3 aromatic rings. The summed E-state index contributed by atoms with van der Waals surface area (Å²) in [5.41, 5.74) is 2.38. The molecule has 3 rings (SSSR count). The van der Waals surface area contributed by atoms with Crippen molar-refractivity contribution in [3.63, 3.8) is 0 Å². The van der Waals surface area contributed by atoms with E-state index < -0.39 is 0 Å². The van der Waals surface area contributed by atoms with Gasteiger partial charge in [0.25, 0.3) is 0 Å². The first-order valence-corrected chi connectivity index (χ1v) is 10.3. The first-order chi connectivity index (χ1) is 14.6. The van der Waals surface area contributed by atoms with Crippen molar-refractivity contribution in [1.82, 2.24) is 0 Å². The molecule has 4 nitrogen and oxygen atoms in total. The second-order valence-electron chi connectivity index (χ2n) is 7.40. The van der Waals surface area contributed by atoms with Crippen LogP contribution in [0.25, 0.3) is 0 Å². The Morgan fingerprint density at radius 2 is 1.37 bits per heavy atom. The highest BCUT2D eigenvalue weighted by molar-refractivity contribution is 5.72. The average molecular weight is 405 g/mol. The number of hydrogen-bond acceptors (Lipinski definition) is 4. The first kappa shape index (κ1) is 21.4. The van der Waals surface area contributed by atoms with E-state index in [9.17, 15) is 4.79 Å². The third-order valence-corrected chi connectivity index (χ3v) is 4.64. The SMILES string of the molecule is CC(C)c1ccc(OCCCC(=O)Oc2ccc(OCc3ccccc3)cc2)cc1.